The number of nitrogens with one attached hydrogen (secondary N) is 12. The van der Waals surface area contributed by atoms with Gasteiger partial charge in [-0.1, -0.05) is 52.9 Å². The fourth-order valence-corrected chi connectivity index (χ4v) is 22.8. The molecule has 0 aliphatic carbocycles. The first kappa shape index (κ1) is 118. The number of thioether (sulfide) groups is 2. The molecule has 3 unspecified atom stereocenters. The molecule has 0 bridgehead atoms. The Labute approximate surface area is 864 Å². The molecule has 45 nitrogen and oxygen atoms in total. The van der Waals surface area contributed by atoms with Crippen molar-refractivity contribution in [2.45, 2.75) is 304 Å². The Hall–Kier alpha value is -10.1. The van der Waals surface area contributed by atoms with Crippen molar-refractivity contribution in [3.05, 3.63) is 35.4 Å². The maximum absolute atomic E-state index is 14.7. The minimum atomic E-state index is -4.36. The highest BCUT2D eigenvalue weighted by Crippen LogP contribution is 2.43. The topological polar surface area (TPSA) is 619 Å². The second-order valence-electron chi connectivity index (χ2n) is 38.1. The number of anilines is 3. The van der Waals surface area contributed by atoms with E-state index in [4.69, 9.17) is 43.4 Å². The first-order valence-corrected chi connectivity index (χ1v) is 58.9. The molecule has 50 heteroatoms. The molecule has 8 heterocycles. The van der Waals surface area contributed by atoms with Crippen molar-refractivity contribution in [1.29, 1.82) is 0 Å². The number of aliphatic carboxylic acids is 1. The Bertz CT molecular complexity index is 5100. The number of ether oxygens (including phenoxy) is 6. The Morgan fingerprint density at radius 2 is 0.740 bits per heavy atom. The van der Waals surface area contributed by atoms with E-state index in [1.807, 2.05) is 59.0 Å². The zero-order valence-electron chi connectivity index (χ0n) is 84.2. The van der Waals surface area contributed by atoms with Crippen LogP contribution in [0, 0.1) is 5.92 Å². The number of hydrogen-bond acceptors (Lipinski definition) is 31. The fraction of sp³-hybridized carbons (Fsp3) is 0.729. The number of carbonyl (C=O) groups excluding carboxylic acids is 10. The van der Waals surface area contributed by atoms with Crippen LogP contribution in [0.25, 0.3) is 0 Å². The third kappa shape index (κ3) is 41.4. The Morgan fingerprint density at radius 3 is 1.12 bits per heavy atom. The lowest BCUT2D eigenvalue weighted by Crippen LogP contribution is -2.52. The summed E-state index contributed by atoms with van der Waals surface area (Å²) in [6, 6.07) is 3.30. The van der Waals surface area contributed by atoms with Gasteiger partial charge in [0, 0.05) is 136 Å². The number of unbranched alkanes of at least 4 members (excludes halogenated alkanes) is 9. The summed E-state index contributed by atoms with van der Waals surface area (Å²) in [6.07, 6.45) is 15.9. The maximum Gasteiger partial charge on any atom is 0.315 e. The molecule has 3 aromatic rings. The van der Waals surface area contributed by atoms with Crippen molar-refractivity contribution in [2.75, 3.05) is 149 Å². The van der Waals surface area contributed by atoms with Crippen molar-refractivity contribution < 1.29 is 125 Å². The number of carboxylic acid groups (broad SMARTS) is 1. The van der Waals surface area contributed by atoms with Gasteiger partial charge in [0.1, 0.15) is 12.1 Å². The highest BCUT2D eigenvalue weighted by atomic mass is 32.2. The van der Waals surface area contributed by atoms with Crippen molar-refractivity contribution in [3.8, 4) is 34.5 Å². The lowest BCUT2D eigenvalue weighted by atomic mass is 9.97. The average Bonchev–Trinajstić information content (AvgIpc) is 0.938. The molecule has 1 aromatic heterocycles. The van der Waals surface area contributed by atoms with Gasteiger partial charge >= 0.3 is 18.0 Å². The second-order valence-corrected chi connectivity index (χ2v) is 45.4. The van der Waals surface area contributed by atoms with E-state index in [9.17, 15) is 96.8 Å². The number of hydrogen-bond donors (Lipinski definition) is 16. The van der Waals surface area contributed by atoms with Crippen LogP contribution < -0.4 is 107 Å². The van der Waals surface area contributed by atoms with E-state index in [0.717, 1.165) is 50.0 Å². The van der Waals surface area contributed by atoms with Gasteiger partial charge in [-0.15, -0.1) is 0 Å². The molecule has 8 atom stereocenters. The third-order valence-electron chi connectivity index (χ3n) is 26.3. The summed E-state index contributed by atoms with van der Waals surface area (Å²) in [5.41, 5.74) is 0.229. The first-order valence-electron chi connectivity index (χ1n) is 52.0. The van der Waals surface area contributed by atoms with Crippen LogP contribution in [-0.4, -0.2) is 317 Å². The summed E-state index contributed by atoms with van der Waals surface area (Å²) in [6.45, 7) is 9.30. The number of carboxylic acids is 1. The van der Waals surface area contributed by atoms with Crippen molar-refractivity contribution >= 4 is 137 Å². The van der Waals surface area contributed by atoms with Gasteiger partial charge in [-0.3, -0.25) is 56.8 Å². The van der Waals surface area contributed by atoms with Gasteiger partial charge in [0.25, 0.3) is 42.2 Å². The monoisotopic (exact) mass is 2150 g/mol. The number of aromatic nitrogens is 3. The molecular weight excluding hydrogens is 2000 g/mol. The number of rotatable bonds is 69. The van der Waals surface area contributed by atoms with Crippen LogP contribution in [0.5, 0.6) is 34.5 Å². The zero-order chi connectivity index (χ0) is 105. The summed E-state index contributed by atoms with van der Waals surface area (Å²) < 4.78 is 133. The highest BCUT2D eigenvalue weighted by molar-refractivity contribution is 8.00. The van der Waals surface area contributed by atoms with Crippen molar-refractivity contribution in [3.63, 3.8) is 0 Å². The van der Waals surface area contributed by atoms with Crippen LogP contribution in [0.1, 0.15) is 266 Å². The lowest BCUT2D eigenvalue weighted by Gasteiger charge is -2.36. The molecule has 818 valence electrons. The van der Waals surface area contributed by atoms with Crippen LogP contribution in [0.2, 0.25) is 0 Å². The van der Waals surface area contributed by atoms with Gasteiger partial charge in [-0.25, -0.2) is 9.59 Å². The molecule has 12 amide bonds. The Morgan fingerprint density at radius 1 is 0.404 bits per heavy atom. The SMILES string of the molecule is CCCCOc1cc(C(=O)NCCCCC(NC(=O)CCCCCNC(=O)CCCCC2SC[C@@H]3NC(=O)N[C@H]23)C(=O)NC2CCN(c3nc(N4CCC(NC(=O)C(CCCCNC(=O)c5cc(OCCC)c(OCCC)c(OCCCS(=O)(=O)O)c5)NC(=O)CCCCCNC(=O)CCCC[C@H]5SC[C@H]6NC(=O)N[C@H]65)CC4)nc(N4CCC(C(=O)O)CC4)n3)CC2)cc(OCCCS(=O)(=O)O)c1OCCCS(=O)(=O)O. The van der Waals surface area contributed by atoms with Gasteiger partial charge in [-0.2, -0.15) is 63.7 Å². The average molecular weight is 2150 g/mol. The summed E-state index contributed by atoms with van der Waals surface area (Å²) in [5.74, 6) is -2.44. The molecule has 2 aromatic carbocycles. The van der Waals surface area contributed by atoms with Gasteiger partial charge in [0.15, 0.2) is 23.0 Å². The van der Waals surface area contributed by atoms with E-state index in [2.05, 4.69) is 63.8 Å². The summed E-state index contributed by atoms with van der Waals surface area (Å²) in [5, 5.41) is 46.7. The highest BCUT2D eigenvalue weighted by Gasteiger charge is 2.45. The summed E-state index contributed by atoms with van der Waals surface area (Å²) in [4.78, 5) is 168. The van der Waals surface area contributed by atoms with Gasteiger partial charge in [0.2, 0.25) is 64.8 Å². The molecule has 10 rings (SSSR count). The second kappa shape index (κ2) is 61.1. The van der Waals surface area contributed by atoms with E-state index >= 15 is 0 Å². The normalized spacial score (nSPS) is 19.0. The van der Waals surface area contributed by atoms with E-state index in [1.165, 1.54) is 18.2 Å². The first-order chi connectivity index (χ1) is 70.1. The smallest absolute Gasteiger partial charge is 0.315 e. The molecule has 0 radical (unpaired) electrons. The van der Waals surface area contributed by atoms with E-state index in [0.29, 0.717) is 222 Å². The van der Waals surface area contributed by atoms with Crippen LogP contribution in [0.4, 0.5) is 27.4 Å². The van der Waals surface area contributed by atoms with Crippen molar-refractivity contribution in [1.82, 2.24) is 78.8 Å². The largest absolute Gasteiger partial charge is 0.490 e. The Balaban J connectivity index is 0.758. The number of nitrogens with zero attached hydrogens (tertiary/aromatic N) is 6. The number of amides is 12. The Kier molecular flexibility index (Phi) is 49.3. The molecule has 0 spiro atoms. The van der Waals surface area contributed by atoms with Crippen LogP contribution >= 0.6 is 23.5 Å². The van der Waals surface area contributed by atoms with E-state index in [1.54, 1.807) is 6.07 Å². The molecular formula is C96H152N18O27S5. The molecule has 7 aliphatic rings. The van der Waals surface area contributed by atoms with Crippen LogP contribution in [0.15, 0.2) is 24.3 Å². The quantitative estimate of drug-likeness (QED) is 0.0153. The van der Waals surface area contributed by atoms with Crippen molar-refractivity contribution in [2.24, 2.45) is 5.92 Å². The minimum Gasteiger partial charge on any atom is -0.490 e. The van der Waals surface area contributed by atoms with E-state index in [-0.39, 0.29) is 215 Å². The molecule has 146 heavy (non-hydrogen) atoms. The predicted octanol–water partition coefficient (Wildman–Crippen LogP) is 7.04. The van der Waals surface area contributed by atoms with E-state index < -0.39 is 95.2 Å². The number of fused-ring (bicyclic) bond motifs is 2. The molecule has 7 saturated heterocycles. The van der Waals surface area contributed by atoms with Gasteiger partial charge in [-0.05, 0) is 191 Å². The van der Waals surface area contributed by atoms with Crippen LogP contribution in [0.3, 0.4) is 0 Å². The van der Waals surface area contributed by atoms with Gasteiger partial charge in [0.05, 0.1) is 87.0 Å². The predicted molar refractivity (Wildman–Crippen MR) is 551 cm³/mol. The molecule has 7 aliphatic heterocycles. The van der Waals surface area contributed by atoms with Gasteiger partial charge < -0.3 is 112 Å². The fourth-order valence-electron chi connectivity index (χ4n) is 18.3. The number of urea groups is 2. The maximum atomic E-state index is 14.7. The number of carbonyl (C=O) groups is 11. The summed E-state index contributed by atoms with van der Waals surface area (Å²) >= 11 is 3.67. The number of piperidine rings is 3. The zero-order valence-corrected chi connectivity index (χ0v) is 88.2. The third-order valence-corrected chi connectivity index (χ3v) is 31.7. The molecule has 0 saturated carbocycles. The molecule has 16 N–H and O–H groups in total. The summed E-state index contributed by atoms with van der Waals surface area (Å²) in [7, 11) is -13.0. The standard InChI is InChI=1S/C96H152N18O27S5/c1-4-7-51-137-75-60-66(61-76(139-53-23-56-145(130,131)132)86(75)141-54-24-57-146(133,134)135)88(120)100-42-21-17-26-70(104-82(118)32-11-9-19-40-98-80(116)30-15-13-28-78-84-72(63-143-78)106-96(126)108-84)90(122)102-68-37-47-114(48-38-68)94-110-92(112-43-33-64(34-44-112)91(123)124)109-93(111-94)113-45-35-67(36-46-113)101-89(121)69(103-81(117)31-10-8-18-39-97-79(115)29-14-12-27-77-83-71(62-142-77)105-95(125)107-83)25-16-20-41-99-87(119)65-58-73(136-49-5-2)85(140-50-6-3)74(59-65)138-52-22-55-144(127,128)129/h58-61,64,67-72,77-78,83-84H,4-57,62-63H2,1-3H3,(H,97,115)(H,98,116)(H,99,119)(H,100,120)(H,101,121)(H,102,122)(H,103,117)(H,104,118)(H,123,124)(H2,105,107,125)(H2,106,108,126)(H,127,128,129)(H,130,131,132)(H,133,134,135)/t69?,70?,71-,72+,77-,78?,83-,84+/m1/s1. The molecule has 7 fully saturated rings. The van der Waals surface area contributed by atoms with Crippen LogP contribution in [-0.2, 0) is 63.9 Å². The number of benzene rings is 2. The minimum absolute atomic E-state index is 0.00779. The lowest BCUT2D eigenvalue weighted by molar-refractivity contribution is -0.142.